The second kappa shape index (κ2) is 5.96. The van der Waals surface area contributed by atoms with Crippen molar-refractivity contribution >= 4 is 11.8 Å². The van der Waals surface area contributed by atoms with Gasteiger partial charge in [0.05, 0.1) is 5.92 Å². The van der Waals surface area contributed by atoms with Crippen LogP contribution in [0.3, 0.4) is 0 Å². The molecule has 1 aromatic carbocycles. The highest BCUT2D eigenvalue weighted by atomic mass is 16.2. The van der Waals surface area contributed by atoms with E-state index >= 15 is 0 Å². The third-order valence-electron chi connectivity index (χ3n) is 5.16. The van der Waals surface area contributed by atoms with Crippen LogP contribution in [0.25, 0.3) is 0 Å². The number of hydrogen-bond donors (Lipinski definition) is 0. The van der Waals surface area contributed by atoms with E-state index < -0.39 is 0 Å². The van der Waals surface area contributed by atoms with Crippen molar-refractivity contribution in [2.45, 2.75) is 13.5 Å². The van der Waals surface area contributed by atoms with Crippen molar-refractivity contribution in [2.75, 3.05) is 40.3 Å². The summed E-state index contributed by atoms with van der Waals surface area (Å²) in [4.78, 5) is 30.1. The van der Waals surface area contributed by atoms with Crippen molar-refractivity contribution in [3.8, 4) is 0 Å². The van der Waals surface area contributed by atoms with Gasteiger partial charge < -0.3 is 9.80 Å². The molecule has 0 aliphatic carbocycles. The maximum Gasteiger partial charge on any atom is 0.227 e. The van der Waals surface area contributed by atoms with Gasteiger partial charge in [-0.3, -0.25) is 14.5 Å². The fraction of sp³-hybridized carbons (Fsp3) is 0.556. The summed E-state index contributed by atoms with van der Waals surface area (Å²) >= 11 is 0. The lowest BCUT2D eigenvalue weighted by atomic mass is 9.71. The number of benzene rings is 1. The largest absolute Gasteiger partial charge is 0.349 e. The van der Waals surface area contributed by atoms with Crippen LogP contribution in [0.5, 0.6) is 0 Å². The molecule has 23 heavy (non-hydrogen) atoms. The van der Waals surface area contributed by atoms with Gasteiger partial charge in [-0.2, -0.15) is 0 Å². The molecule has 0 unspecified atom stereocenters. The maximum atomic E-state index is 12.6. The molecule has 2 aliphatic heterocycles. The standard InChI is InChI=1S/C18H25N3O2/c1-14(22)21-12-18(13-21)11-20(9-15-7-5-4-6-8-15)10-16(18)17(23)19(2)3/h4-8,16H,9-13H2,1-3H3/t16-/m1/s1. The molecule has 1 spiro atoms. The Morgan fingerprint density at radius 1 is 1.17 bits per heavy atom. The maximum absolute atomic E-state index is 12.6. The Balaban J connectivity index is 1.75. The SMILES string of the molecule is CC(=O)N1CC2(CN(Cc3ccccc3)C[C@@H]2C(=O)N(C)C)C1. The minimum absolute atomic E-state index is 0.0168. The van der Waals surface area contributed by atoms with Crippen molar-refractivity contribution in [1.82, 2.24) is 14.7 Å². The minimum Gasteiger partial charge on any atom is -0.349 e. The Bertz CT molecular complexity index is 594. The van der Waals surface area contributed by atoms with Crippen LogP contribution in [-0.2, 0) is 16.1 Å². The van der Waals surface area contributed by atoms with Gasteiger partial charge >= 0.3 is 0 Å². The molecule has 0 saturated carbocycles. The van der Waals surface area contributed by atoms with E-state index in [1.165, 1.54) is 5.56 Å². The zero-order chi connectivity index (χ0) is 16.6. The van der Waals surface area contributed by atoms with E-state index in [1.807, 2.05) is 37.2 Å². The zero-order valence-corrected chi connectivity index (χ0v) is 14.2. The third-order valence-corrected chi connectivity index (χ3v) is 5.16. The molecule has 0 bridgehead atoms. The van der Waals surface area contributed by atoms with Gasteiger partial charge in [-0.1, -0.05) is 30.3 Å². The van der Waals surface area contributed by atoms with Crippen LogP contribution in [0.4, 0.5) is 0 Å². The predicted molar refractivity (Wildman–Crippen MR) is 88.6 cm³/mol. The first-order valence-electron chi connectivity index (χ1n) is 8.14. The van der Waals surface area contributed by atoms with Crippen molar-refractivity contribution in [1.29, 1.82) is 0 Å². The molecule has 1 aromatic rings. The number of likely N-dealkylation sites (tertiary alicyclic amines) is 2. The van der Waals surface area contributed by atoms with Gasteiger partial charge in [-0.05, 0) is 5.56 Å². The summed E-state index contributed by atoms with van der Waals surface area (Å²) in [6.07, 6.45) is 0. The monoisotopic (exact) mass is 315 g/mol. The molecule has 2 aliphatic rings. The Morgan fingerprint density at radius 3 is 2.39 bits per heavy atom. The summed E-state index contributed by atoms with van der Waals surface area (Å²) < 4.78 is 0. The summed E-state index contributed by atoms with van der Waals surface area (Å²) in [6, 6.07) is 10.4. The third kappa shape index (κ3) is 2.98. The first-order chi connectivity index (χ1) is 10.9. The molecule has 1 atom stereocenters. The van der Waals surface area contributed by atoms with Gasteiger partial charge in [0, 0.05) is 59.2 Å². The average Bonchev–Trinajstić information content (AvgIpc) is 2.85. The highest BCUT2D eigenvalue weighted by molar-refractivity contribution is 5.81. The topological polar surface area (TPSA) is 43.9 Å². The molecule has 2 fully saturated rings. The van der Waals surface area contributed by atoms with Crippen molar-refractivity contribution in [3.63, 3.8) is 0 Å². The van der Waals surface area contributed by atoms with Gasteiger partial charge in [-0.25, -0.2) is 0 Å². The smallest absolute Gasteiger partial charge is 0.227 e. The summed E-state index contributed by atoms with van der Waals surface area (Å²) in [5.74, 6) is 0.272. The zero-order valence-electron chi connectivity index (χ0n) is 14.2. The average molecular weight is 315 g/mol. The van der Waals surface area contributed by atoms with Crippen LogP contribution < -0.4 is 0 Å². The van der Waals surface area contributed by atoms with Gasteiger partial charge in [-0.15, -0.1) is 0 Å². The van der Waals surface area contributed by atoms with Gasteiger partial charge in [0.15, 0.2) is 0 Å². The highest BCUT2D eigenvalue weighted by Crippen LogP contribution is 2.45. The summed E-state index contributed by atoms with van der Waals surface area (Å²) in [7, 11) is 3.63. The lowest BCUT2D eigenvalue weighted by Crippen LogP contribution is -2.63. The normalized spacial score (nSPS) is 22.9. The Hall–Kier alpha value is -1.88. The first-order valence-corrected chi connectivity index (χ1v) is 8.14. The fourth-order valence-electron chi connectivity index (χ4n) is 3.94. The number of rotatable bonds is 3. The van der Waals surface area contributed by atoms with Crippen LogP contribution in [-0.4, -0.2) is 66.8 Å². The van der Waals surface area contributed by atoms with E-state index in [4.69, 9.17) is 0 Å². The molecular formula is C18H25N3O2. The lowest BCUT2D eigenvalue weighted by molar-refractivity contribution is -0.151. The summed E-state index contributed by atoms with van der Waals surface area (Å²) in [5.41, 5.74) is 1.20. The number of hydrogen-bond acceptors (Lipinski definition) is 3. The van der Waals surface area contributed by atoms with E-state index in [0.29, 0.717) is 13.1 Å². The lowest BCUT2D eigenvalue weighted by Gasteiger charge is -2.50. The molecule has 0 N–H and O–H groups in total. The number of carbonyl (C=O) groups excluding carboxylic acids is 2. The molecule has 0 aromatic heterocycles. The van der Waals surface area contributed by atoms with E-state index in [9.17, 15) is 9.59 Å². The van der Waals surface area contributed by atoms with Crippen molar-refractivity contribution in [3.05, 3.63) is 35.9 Å². The molecule has 0 radical (unpaired) electrons. The molecule has 5 nitrogen and oxygen atoms in total. The molecule has 2 amide bonds. The molecule has 2 saturated heterocycles. The van der Waals surface area contributed by atoms with Gasteiger partial charge in [0.1, 0.15) is 0 Å². The van der Waals surface area contributed by atoms with Crippen LogP contribution in [0.2, 0.25) is 0 Å². The fourth-order valence-corrected chi connectivity index (χ4v) is 3.94. The van der Waals surface area contributed by atoms with Crippen LogP contribution >= 0.6 is 0 Å². The van der Waals surface area contributed by atoms with Gasteiger partial charge in [0.25, 0.3) is 0 Å². The second-order valence-electron chi connectivity index (χ2n) is 7.18. The van der Waals surface area contributed by atoms with E-state index in [1.54, 1.807) is 11.8 Å². The number of amides is 2. The molecular weight excluding hydrogens is 290 g/mol. The second-order valence-corrected chi connectivity index (χ2v) is 7.18. The molecule has 124 valence electrons. The van der Waals surface area contributed by atoms with E-state index in [-0.39, 0.29) is 23.1 Å². The molecule has 2 heterocycles. The van der Waals surface area contributed by atoms with Crippen molar-refractivity contribution < 1.29 is 9.59 Å². The Labute approximate surface area is 137 Å². The van der Waals surface area contributed by atoms with Crippen LogP contribution in [0.1, 0.15) is 12.5 Å². The summed E-state index contributed by atoms with van der Waals surface area (Å²) in [6.45, 7) is 5.54. The Kier molecular flexibility index (Phi) is 4.15. The predicted octanol–water partition coefficient (Wildman–Crippen LogP) is 1.06. The number of carbonyl (C=O) groups is 2. The van der Waals surface area contributed by atoms with E-state index in [0.717, 1.165) is 19.6 Å². The van der Waals surface area contributed by atoms with E-state index in [2.05, 4.69) is 17.0 Å². The first kappa shape index (κ1) is 16.0. The highest BCUT2D eigenvalue weighted by Gasteiger charge is 2.57. The summed E-state index contributed by atoms with van der Waals surface area (Å²) in [5, 5.41) is 0. The molecule has 5 heteroatoms. The van der Waals surface area contributed by atoms with Gasteiger partial charge in [0.2, 0.25) is 11.8 Å². The minimum atomic E-state index is -0.0677. The van der Waals surface area contributed by atoms with Crippen LogP contribution in [0.15, 0.2) is 30.3 Å². The molecule has 3 rings (SSSR count). The quantitative estimate of drug-likeness (QED) is 0.838. The van der Waals surface area contributed by atoms with Crippen molar-refractivity contribution in [2.24, 2.45) is 11.3 Å². The van der Waals surface area contributed by atoms with Crippen LogP contribution in [0, 0.1) is 11.3 Å². The Morgan fingerprint density at radius 2 is 1.83 bits per heavy atom. The number of nitrogens with zero attached hydrogens (tertiary/aromatic N) is 3.